The van der Waals surface area contributed by atoms with Crippen molar-refractivity contribution in [1.82, 2.24) is 4.98 Å². The minimum atomic E-state index is -0.0142. The molecule has 0 aliphatic heterocycles. The zero-order valence-corrected chi connectivity index (χ0v) is 12.2. The van der Waals surface area contributed by atoms with Crippen LogP contribution in [-0.4, -0.2) is 16.9 Å². The molecule has 0 spiro atoms. The van der Waals surface area contributed by atoms with Crippen LogP contribution in [0.1, 0.15) is 25.7 Å². The summed E-state index contributed by atoms with van der Waals surface area (Å²) in [5.41, 5.74) is 6.49. The Bertz CT molecular complexity index is 455. The summed E-state index contributed by atoms with van der Waals surface area (Å²) in [4.78, 5) is 16.2. The first-order valence-electron chi connectivity index (χ1n) is 5.93. The standard InChI is InChI=1S/C12H15BrClN3O/c13-11-10(5-8(14)6-16-11)17-12(18)7-2-1-3-9(15)4-7/h5-7,9H,1-4,15H2,(H,17,18). The van der Waals surface area contributed by atoms with Gasteiger partial charge in [0.1, 0.15) is 4.60 Å². The van der Waals surface area contributed by atoms with Gasteiger partial charge in [0.15, 0.2) is 0 Å². The Kier molecular flexibility index (Phi) is 4.59. The smallest absolute Gasteiger partial charge is 0.227 e. The number of rotatable bonds is 2. The van der Waals surface area contributed by atoms with Crippen molar-refractivity contribution < 1.29 is 4.79 Å². The van der Waals surface area contributed by atoms with Crippen LogP contribution in [0, 0.1) is 5.92 Å². The molecule has 1 heterocycles. The Morgan fingerprint density at radius 2 is 2.33 bits per heavy atom. The van der Waals surface area contributed by atoms with Crippen molar-refractivity contribution in [3.05, 3.63) is 21.9 Å². The number of carbonyl (C=O) groups is 1. The van der Waals surface area contributed by atoms with Crippen LogP contribution in [0.5, 0.6) is 0 Å². The zero-order valence-electron chi connectivity index (χ0n) is 9.83. The predicted molar refractivity (Wildman–Crippen MR) is 75.5 cm³/mol. The van der Waals surface area contributed by atoms with E-state index in [1.165, 1.54) is 6.20 Å². The Balaban J connectivity index is 2.04. The van der Waals surface area contributed by atoms with E-state index in [1.54, 1.807) is 6.07 Å². The average molecular weight is 333 g/mol. The monoisotopic (exact) mass is 331 g/mol. The minimum absolute atomic E-state index is 0.00471. The average Bonchev–Trinajstić information content (AvgIpc) is 2.34. The van der Waals surface area contributed by atoms with Crippen LogP contribution in [0.3, 0.4) is 0 Å². The molecule has 2 atom stereocenters. The molecule has 1 amide bonds. The first kappa shape index (κ1) is 13.8. The lowest BCUT2D eigenvalue weighted by Gasteiger charge is -2.25. The largest absolute Gasteiger partial charge is 0.328 e. The van der Waals surface area contributed by atoms with Crippen molar-refractivity contribution in [1.29, 1.82) is 0 Å². The number of nitrogens with one attached hydrogen (secondary N) is 1. The fourth-order valence-corrected chi connectivity index (χ4v) is 2.68. The van der Waals surface area contributed by atoms with Gasteiger partial charge in [0.2, 0.25) is 5.91 Å². The molecule has 1 aromatic heterocycles. The molecule has 6 heteroatoms. The van der Waals surface area contributed by atoms with Crippen LogP contribution in [0.25, 0.3) is 0 Å². The topological polar surface area (TPSA) is 68.0 Å². The third-order valence-electron chi connectivity index (χ3n) is 3.15. The molecule has 18 heavy (non-hydrogen) atoms. The van der Waals surface area contributed by atoms with E-state index in [9.17, 15) is 4.79 Å². The number of nitrogens with two attached hydrogens (primary N) is 1. The van der Waals surface area contributed by atoms with E-state index in [0.29, 0.717) is 15.3 Å². The van der Waals surface area contributed by atoms with E-state index in [1.807, 2.05) is 0 Å². The molecule has 1 aliphatic carbocycles. The Labute approximate surface area is 119 Å². The summed E-state index contributed by atoms with van der Waals surface area (Å²) in [6.45, 7) is 0. The normalized spacial score (nSPS) is 23.7. The van der Waals surface area contributed by atoms with Gasteiger partial charge in [0, 0.05) is 18.2 Å². The molecule has 0 saturated heterocycles. The Hall–Kier alpha value is -0.650. The molecule has 0 bridgehead atoms. The van der Waals surface area contributed by atoms with E-state index in [0.717, 1.165) is 25.7 Å². The molecular weight excluding hydrogens is 318 g/mol. The van der Waals surface area contributed by atoms with Gasteiger partial charge in [0.25, 0.3) is 0 Å². The van der Waals surface area contributed by atoms with E-state index in [2.05, 4.69) is 26.2 Å². The maximum Gasteiger partial charge on any atom is 0.227 e. The first-order valence-corrected chi connectivity index (χ1v) is 7.11. The SMILES string of the molecule is NC1CCCC(C(=O)Nc2cc(Cl)cnc2Br)C1. The molecule has 1 aliphatic rings. The molecule has 4 nitrogen and oxygen atoms in total. The van der Waals surface area contributed by atoms with Gasteiger partial charge in [-0.15, -0.1) is 0 Å². The number of hydrogen-bond acceptors (Lipinski definition) is 3. The highest BCUT2D eigenvalue weighted by Gasteiger charge is 2.25. The van der Waals surface area contributed by atoms with Crippen LogP contribution in [-0.2, 0) is 4.79 Å². The van der Waals surface area contributed by atoms with Gasteiger partial charge in [0.05, 0.1) is 10.7 Å². The highest BCUT2D eigenvalue weighted by Crippen LogP contribution is 2.27. The number of amides is 1. The molecule has 98 valence electrons. The van der Waals surface area contributed by atoms with Crippen molar-refractivity contribution >= 4 is 39.1 Å². The Morgan fingerprint density at radius 3 is 3.06 bits per heavy atom. The summed E-state index contributed by atoms with van der Waals surface area (Å²) >= 11 is 9.14. The Morgan fingerprint density at radius 1 is 1.56 bits per heavy atom. The summed E-state index contributed by atoms with van der Waals surface area (Å²) in [7, 11) is 0. The van der Waals surface area contributed by atoms with Crippen LogP contribution in [0.4, 0.5) is 5.69 Å². The first-order chi connectivity index (χ1) is 8.56. The van der Waals surface area contributed by atoms with E-state index >= 15 is 0 Å². The lowest BCUT2D eigenvalue weighted by atomic mass is 9.85. The van der Waals surface area contributed by atoms with Crippen molar-refractivity contribution in [2.75, 3.05) is 5.32 Å². The summed E-state index contributed by atoms with van der Waals surface area (Å²) in [5, 5.41) is 3.35. The molecule has 0 radical (unpaired) electrons. The number of nitrogens with zero attached hydrogens (tertiary/aromatic N) is 1. The molecular formula is C12H15BrClN3O. The summed E-state index contributed by atoms with van der Waals surface area (Å²) in [6.07, 6.45) is 5.18. The van der Waals surface area contributed by atoms with Gasteiger partial charge in [-0.3, -0.25) is 4.79 Å². The summed E-state index contributed by atoms with van der Waals surface area (Å²) < 4.78 is 0.584. The molecule has 2 unspecified atom stereocenters. The van der Waals surface area contributed by atoms with E-state index in [4.69, 9.17) is 17.3 Å². The van der Waals surface area contributed by atoms with E-state index < -0.39 is 0 Å². The van der Waals surface area contributed by atoms with Gasteiger partial charge in [-0.05, 0) is 41.3 Å². The van der Waals surface area contributed by atoms with Crippen LogP contribution >= 0.6 is 27.5 Å². The van der Waals surface area contributed by atoms with Gasteiger partial charge in [-0.1, -0.05) is 18.0 Å². The highest BCUT2D eigenvalue weighted by molar-refractivity contribution is 9.10. The van der Waals surface area contributed by atoms with E-state index in [-0.39, 0.29) is 17.9 Å². The second-order valence-corrected chi connectivity index (χ2v) is 5.79. The summed E-state index contributed by atoms with van der Waals surface area (Å²) in [6, 6.07) is 1.81. The maximum atomic E-state index is 12.1. The molecule has 0 aromatic carbocycles. The molecule has 3 N–H and O–H groups in total. The second kappa shape index (κ2) is 5.99. The van der Waals surface area contributed by atoms with Gasteiger partial charge < -0.3 is 11.1 Å². The van der Waals surface area contributed by atoms with Crippen LogP contribution in [0.15, 0.2) is 16.9 Å². The maximum absolute atomic E-state index is 12.1. The number of pyridine rings is 1. The zero-order chi connectivity index (χ0) is 13.1. The lowest BCUT2D eigenvalue weighted by Crippen LogP contribution is -2.34. The fourth-order valence-electron chi connectivity index (χ4n) is 2.21. The van der Waals surface area contributed by atoms with Gasteiger partial charge >= 0.3 is 0 Å². The van der Waals surface area contributed by atoms with Crippen molar-refractivity contribution in [3.8, 4) is 0 Å². The second-order valence-electron chi connectivity index (χ2n) is 4.60. The van der Waals surface area contributed by atoms with Crippen LogP contribution < -0.4 is 11.1 Å². The number of anilines is 1. The summed E-state index contributed by atoms with van der Waals surface area (Å²) in [5.74, 6) is -0.0189. The molecule has 1 saturated carbocycles. The fraction of sp³-hybridized carbons (Fsp3) is 0.500. The number of hydrogen-bond donors (Lipinski definition) is 2. The number of aromatic nitrogens is 1. The van der Waals surface area contributed by atoms with Crippen molar-refractivity contribution in [2.45, 2.75) is 31.7 Å². The highest BCUT2D eigenvalue weighted by atomic mass is 79.9. The third-order valence-corrected chi connectivity index (χ3v) is 3.99. The van der Waals surface area contributed by atoms with Crippen LogP contribution in [0.2, 0.25) is 5.02 Å². The number of carbonyl (C=O) groups excluding carboxylic acids is 1. The quantitative estimate of drug-likeness (QED) is 0.818. The lowest BCUT2D eigenvalue weighted by molar-refractivity contribution is -0.120. The molecule has 1 aromatic rings. The minimum Gasteiger partial charge on any atom is -0.328 e. The molecule has 1 fully saturated rings. The van der Waals surface area contributed by atoms with Crippen molar-refractivity contribution in [3.63, 3.8) is 0 Å². The van der Waals surface area contributed by atoms with Crippen molar-refractivity contribution in [2.24, 2.45) is 11.7 Å². The predicted octanol–water partition coefficient (Wildman–Crippen LogP) is 2.95. The molecule has 2 rings (SSSR count). The van der Waals surface area contributed by atoms with Gasteiger partial charge in [-0.2, -0.15) is 0 Å². The van der Waals surface area contributed by atoms with Gasteiger partial charge in [-0.25, -0.2) is 4.98 Å². The third kappa shape index (κ3) is 3.43. The number of halogens is 2.